The molecule has 17 heavy (non-hydrogen) atoms. The van der Waals surface area contributed by atoms with Gasteiger partial charge in [0, 0.05) is 25.2 Å². The minimum absolute atomic E-state index is 0.489. The lowest BCUT2D eigenvalue weighted by Gasteiger charge is -2.25. The molecule has 2 unspecified atom stereocenters. The average Bonchev–Trinajstić information content (AvgIpc) is 2.70. The molecule has 2 heterocycles. The van der Waals surface area contributed by atoms with Crippen molar-refractivity contribution in [2.75, 3.05) is 20.2 Å². The number of likely N-dealkylation sites (tertiary alicyclic amines) is 1. The standard InChI is InChI=1S/C13H21N3O/c1-10-6-7-16(12(10)8-14)9-11-4-3-5-13(15-11)17-2/h3-5,10,12H,6-9,14H2,1-2H3. The number of ether oxygens (including phenoxy) is 1. The van der Waals surface area contributed by atoms with Crippen LogP contribution >= 0.6 is 0 Å². The van der Waals surface area contributed by atoms with Crippen molar-refractivity contribution in [3.05, 3.63) is 23.9 Å². The SMILES string of the molecule is COc1cccc(CN2CCC(C)C2CN)n1. The van der Waals surface area contributed by atoms with Gasteiger partial charge in [0.1, 0.15) is 0 Å². The van der Waals surface area contributed by atoms with Crippen LogP contribution < -0.4 is 10.5 Å². The van der Waals surface area contributed by atoms with Crippen LogP contribution in [0, 0.1) is 5.92 Å². The number of pyridine rings is 1. The molecule has 0 spiro atoms. The van der Waals surface area contributed by atoms with E-state index in [2.05, 4.69) is 16.8 Å². The average molecular weight is 235 g/mol. The van der Waals surface area contributed by atoms with E-state index in [0.717, 1.165) is 25.3 Å². The molecule has 1 saturated heterocycles. The Balaban J connectivity index is 2.04. The zero-order valence-electron chi connectivity index (χ0n) is 10.6. The summed E-state index contributed by atoms with van der Waals surface area (Å²) in [6.45, 7) is 4.98. The van der Waals surface area contributed by atoms with Gasteiger partial charge in [-0.1, -0.05) is 13.0 Å². The molecule has 1 fully saturated rings. The monoisotopic (exact) mass is 235 g/mol. The van der Waals surface area contributed by atoms with Gasteiger partial charge < -0.3 is 10.5 Å². The summed E-state index contributed by atoms with van der Waals surface area (Å²) in [5.74, 6) is 1.37. The first-order valence-corrected chi connectivity index (χ1v) is 6.18. The summed E-state index contributed by atoms with van der Waals surface area (Å²) < 4.78 is 5.14. The van der Waals surface area contributed by atoms with Crippen LogP contribution in [0.5, 0.6) is 5.88 Å². The van der Waals surface area contributed by atoms with Gasteiger partial charge in [0.25, 0.3) is 0 Å². The van der Waals surface area contributed by atoms with Crippen LogP contribution in [0.4, 0.5) is 0 Å². The smallest absolute Gasteiger partial charge is 0.213 e. The van der Waals surface area contributed by atoms with E-state index in [1.54, 1.807) is 7.11 Å². The third-order valence-electron chi connectivity index (χ3n) is 3.59. The Morgan fingerprint density at radius 1 is 1.53 bits per heavy atom. The van der Waals surface area contributed by atoms with Crippen molar-refractivity contribution in [1.82, 2.24) is 9.88 Å². The lowest BCUT2D eigenvalue weighted by atomic mass is 10.0. The second-order valence-electron chi connectivity index (χ2n) is 4.71. The Kier molecular flexibility index (Phi) is 3.97. The van der Waals surface area contributed by atoms with E-state index in [-0.39, 0.29) is 0 Å². The number of aromatic nitrogens is 1. The normalized spacial score (nSPS) is 25.1. The zero-order chi connectivity index (χ0) is 12.3. The highest BCUT2D eigenvalue weighted by atomic mass is 16.5. The predicted octanol–water partition coefficient (Wildman–Crippen LogP) is 1.26. The van der Waals surface area contributed by atoms with E-state index >= 15 is 0 Å². The highest BCUT2D eigenvalue weighted by Crippen LogP contribution is 2.24. The molecule has 0 radical (unpaired) electrons. The van der Waals surface area contributed by atoms with E-state index in [1.807, 2.05) is 18.2 Å². The Morgan fingerprint density at radius 2 is 2.35 bits per heavy atom. The van der Waals surface area contributed by atoms with Gasteiger partial charge in [0.15, 0.2) is 0 Å². The van der Waals surface area contributed by atoms with Crippen LogP contribution in [0.25, 0.3) is 0 Å². The summed E-state index contributed by atoms with van der Waals surface area (Å²) in [5.41, 5.74) is 6.89. The molecule has 2 N–H and O–H groups in total. The van der Waals surface area contributed by atoms with Crippen LogP contribution in [-0.2, 0) is 6.54 Å². The quantitative estimate of drug-likeness (QED) is 0.853. The molecule has 0 bridgehead atoms. The summed E-state index contributed by atoms with van der Waals surface area (Å²) in [7, 11) is 1.65. The van der Waals surface area contributed by atoms with Crippen LogP contribution in [0.1, 0.15) is 19.0 Å². The topological polar surface area (TPSA) is 51.4 Å². The Morgan fingerprint density at radius 3 is 3.06 bits per heavy atom. The summed E-state index contributed by atoms with van der Waals surface area (Å²) in [4.78, 5) is 6.87. The van der Waals surface area contributed by atoms with Crippen LogP contribution in [0.3, 0.4) is 0 Å². The summed E-state index contributed by atoms with van der Waals surface area (Å²) in [6, 6.07) is 6.39. The molecule has 2 atom stereocenters. The molecule has 4 heteroatoms. The zero-order valence-corrected chi connectivity index (χ0v) is 10.6. The first kappa shape index (κ1) is 12.3. The third kappa shape index (κ3) is 2.76. The fourth-order valence-electron chi connectivity index (χ4n) is 2.53. The van der Waals surface area contributed by atoms with Crippen molar-refractivity contribution < 1.29 is 4.74 Å². The molecular weight excluding hydrogens is 214 g/mol. The van der Waals surface area contributed by atoms with Crippen molar-refractivity contribution in [1.29, 1.82) is 0 Å². The second-order valence-corrected chi connectivity index (χ2v) is 4.71. The maximum Gasteiger partial charge on any atom is 0.213 e. The molecular formula is C13H21N3O. The van der Waals surface area contributed by atoms with Gasteiger partial charge in [-0.25, -0.2) is 4.98 Å². The highest BCUT2D eigenvalue weighted by molar-refractivity contribution is 5.15. The van der Waals surface area contributed by atoms with Crippen molar-refractivity contribution in [3.63, 3.8) is 0 Å². The molecule has 1 aliphatic heterocycles. The number of hydrogen-bond acceptors (Lipinski definition) is 4. The lowest BCUT2D eigenvalue weighted by molar-refractivity contribution is 0.225. The van der Waals surface area contributed by atoms with Gasteiger partial charge in [-0.3, -0.25) is 4.90 Å². The molecule has 0 amide bonds. The van der Waals surface area contributed by atoms with Crippen molar-refractivity contribution >= 4 is 0 Å². The molecule has 4 nitrogen and oxygen atoms in total. The third-order valence-corrected chi connectivity index (χ3v) is 3.59. The lowest BCUT2D eigenvalue weighted by Crippen LogP contribution is -2.38. The van der Waals surface area contributed by atoms with Gasteiger partial charge in [-0.05, 0) is 24.9 Å². The van der Waals surface area contributed by atoms with E-state index in [4.69, 9.17) is 10.5 Å². The summed E-state index contributed by atoms with van der Waals surface area (Å²) >= 11 is 0. The maximum absolute atomic E-state index is 5.84. The van der Waals surface area contributed by atoms with Gasteiger partial charge in [-0.15, -0.1) is 0 Å². The molecule has 0 aromatic carbocycles. The molecule has 0 aliphatic carbocycles. The largest absolute Gasteiger partial charge is 0.481 e. The van der Waals surface area contributed by atoms with Crippen LogP contribution in [0.15, 0.2) is 18.2 Å². The van der Waals surface area contributed by atoms with Gasteiger partial charge >= 0.3 is 0 Å². The first-order valence-electron chi connectivity index (χ1n) is 6.18. The highest BCUT2D eigenvalue weighted by Gasteiger charge is 2.29. The van der Waals surface area contributed by atoms with Gasteiger partial charge in [0.2, 0.25) is 5.88 Å². The fourth-order valence-corrected chi connectivity index (χ4v) is 2.53. The number of nitrogens with zero attached hydrogens (tertiary/aromatic N) is 2. The van der Waals surface area contributed by atoms with Crippen LogP contribution in [0.2, 0.25) is 0 Å². The minimum Gasteiger partial charge on any atom is -0.481 e. The summed E-state index contributed by atoms with van der Waals surface area (Å²) in [6.07, 6.45) is 1.23. The Bertz CT molecular complexity index is 369. The molecule has 1 aliphatic rings. The first-order chi connectivity index (χ1) is 8.24. The number of hydrogen-bond donors (Lipinski definition) is 1. The summed E-state index contributed by atoms with van der Waals surface area (Å²) in [5, 5.41) is 0. The Hall–Kier alpha value is -1.13. The number of methoxy groups -OCH3 is 1. The molecule has 1 aromatic heterocycles. The maximum atomic E-state index is 5.84. The van der Waals surface area contributed by atoms with E-state index in [9.17, 15) is 0 Å². The minimum atomic E-state index is 0.489. The molecule has 1 aromatic rings. The van der Waals surface area contributed by atoms with E-state index in [1.165, 1.54) is 6.42 Å². The molecule has 2 rings (SSSR count). The second kappa shape index (κ2) is 5.47. The molecule has 94 valence electrons. The van der Waals surface area contributed by atoms with Crippen molar-refractivity contribution in [2.24, 2.45) is 11.7 Å². The number of nitrogens with two attached hydrogens (primary N) is 1. The molecule has 0 saturated carbocycles. The van der Waals surface area contributed by atoms with Gasteiger partial charge in [0.05, 0.1) is 12.8 Å². The predicted molar refractivity (Wildman–Crippen MR) is 67.8 cm³/mol. The van der Waals surface area contributed by atoms with E-state index in [0.29, 0.717) is 17.8 Å². The van der Waals surface area contributed by atoms with Gasteiger partial charge in [-0.2, -0.15) is 0 Å². The Labute approximate surface area is 103 Å². The van der Waals surface area contributed by atoms with Crippen molar-refractivity contribution in [3.8, 4) is 5.88 Å². The van der Waals surface area contributed by atoms with Crippen molar-refractivity contribution in [2.45, 2.75) is 25.9 Å². The number of rotatable bonds is 4. The fraction of sp³-hybridized carbons (Fsp3) is 0.615. The van der Waals surface area contributed by atoms with E-state index < -0.39 is 0 Å². The van der Waals surface area contributed by atoms with Crippen LogP contribution in [-0.4, -0.2) is 36.1 Å².